The number of aromatic nitrogens is 1. The van der Waals surface area contributed by atoms with Crippen molar-refractivity contribution in [3.05, 3.63) is 71.2 Å². The van der Waals surface area contributed by atoms with E-state index in [1.165, 1.54) is 48.1 Å². The minimum atomic E-state index is -4.47. The van der Waals surface area contributed by atoms with Gasteiger partial charge in [-0.25, -0.2) is 9.18 Å². The molecule has 3 aromatic rings. The van der Waals surface area contributed by atoms with Gasteiger partial charge in [-0.1, -0.05) is 12.1 Å². The molecule has 0 amide bonds. The standard InChI is InChI=1S/C18H13F4NO2/c1-25-17(24)16-8-12-5-6-14(19)9-15(12)23(16)10-11-3-2-4-13(7-11)18(20,21)22/h2-9H,10H2,1H3. The van der Waals surface area contributed by atoms with Gasteiger partial charge in [-0.15, -0.1) is 0 Å². The summed E-state index contributed by atoms with van der Waals surface area (Å²) in [5.41, 5.74) is 0.0901. The summed E-state index contributed by atoms with van der Waals surface area (Å²) in [5.74, 6) is -1.16. The zero-order valence-electron chi connectivity index (χ0n) is 13.1. The molecule has 3 nitrogen and oxygen atoms in total. The van der Waals surface area contributed by atoms with E-state index in [-0.39, 0.29) is 12.2 Å². The first kappa shape index (κ1) is 17.0. The van der Waals surface area contributed by atoms with Crippen molar-refractivity contribution < 1.29 is 27.1 Å². The highest BCUT2D eigenvalue weighted by Crippen LogP contribution is 2.30. The van der Waals surface area contributed by atoms with Crippen molar-refractivity contribution in [1.82, 2.24) is 4.57 Å². The molecule has 0 aliphatic heterocycles. The number of carbonyl (C=O) groups is 1. The molecule has 1 aromatic heterocycles. The Morgan fingerprint density at radius 3 is 2.56 bits per heavy atom. The van der Waals surface area contributed by atoms with Crippen LogP contribution in [0.4, 0.5) is 17.6 Å². The van der Waals surface area contributed by atoms with Gasteiger partial charge in [-0.3, -0.25) is 0 Å². The highest BCUT2D eigenvalue weighted by Gasteiger charge is 2.30. The number of fused-ring (bicyclic) bond motifs is 1. The molecule has 0 saturated heterocycles. The van der Waals surface area contributed by atoms with Gasteiger partial charge in [-0.05, 0) is 42.0 Å². The maximum absolute atomic E-state index is 13.6. The quantitative estimate of drug-likeness (QED) is 0.509. The topological polar surface area (TPSA) is 31.2 Å². The monoisotopic (exact) mass is 351 g/mol. The van der Waals surface area contributed by atoms with Crippen molar-refractivity contribution in [2.75, 3.05) is 7.11 Å². The van der Waals surface area contributed by atoms with Crippen molar-refractivity contribution in [3.8, 4) is 0 Å². The molecule has 0 aliphatic carbocycles. The molecule has 0 unspecified atom stereocenters. The molecule has 130 valence electrons. The third kappa shape index (κ3) is 3.35. The molecule has 0 bridgehead atoms. The first-order valence-electron chi connectivity index (χ1n) is 7.33. The van der Waals surface area contributed by atoms with Crippen LogP contribution in [0.15, 0.2) is 48.5 Å². The average molecular weight is 351 g/mol. The molecule has 0 atom stereocenters. The molecule has 0 radical (unpaired) electrons. The molecule has 0 spiro atoms. The van der Waals surface area contributed by atoms with Crippen molar-refractivity contribution in [3.63, 3.8) is 0 Å². The lowest BCUT2D eigenvalue weighted by Crippen LogP contribution is -2.12. The number of ether oxygens (including phenoxy) is 1. The minimum absolute atomic E-state index is 0.0265. The first-order chi connectivity index (χ1) is 11.8. The minimum Gasteiger partial charge on any atom is -0.464 e. The second kappa shape index (κ2) is 6.23. The molecule has 0 N–H and O–H groups in total. The molecule has 25 heavy (non-hydrogen) atoms. The van der Waals surface area contributed by atoms with Crippen LogP contribution in [-0.2, 0) is 17.5 Å². The van der Waals surface area contributed by atoms with Crippen LogP contribution in [0, 0.1) is 5.82 Å². The number of carbonyl (C=O) groups excluding carboxylic acids is 1. The SMILES string of the molecule is COC(=O)c1cc2ccc(F)cc2n1Cc1cccc(C(F)(F)F)c1. The highest BCUT2D eigenvalue weighted by molar-refractivity contribution is 5.95. The predicted octanol–water partition coefficient (Wildman–Crippen LogP) is 4.63. The van der Waals surface area contributed by atoms with Crippen LogP contribution in [-0.4, -0.2) is 17.6 Å². The van der Waals surface area contributed by atoms with Crippen LogP contribution >= 0.6 is 0 Å². The van der Waals surface area contributed by atoms with Crippen LogP contribution in [0.1, 0.15) is 21.6 Å². The van der Waals surface area contributed by atoms with Crippen molar-refractivity contribution in [1.29, 1.82) is 0 Å². The number of hydrogen-bond acceptors (Lipinski definition) is 2. The fourth-order valence-corrected chi connectivity index (χ4v) is 2.70. The van der Waals surface area contributed by atoms with Crippen molar-refractivity contribution in [2.24, 2.45) is 0 Å². The van der Waals surface area contributed by atoms with Crippen LogP contribution in [0.25, 0.3) is 10.9 Å². The summed E-state index contributed by atoms with van der Waals surface area (Å²) >= 11 is 0. The van der Waals surface area contributed by atoms with Gasteiger partial charge >= 0.3 is 12.1 Å². The molecule has 3 rings (SSSR count). The van der Waals surface area contributed by atoms with Gasteiger partial charge in [-0.2, -0.15) is 13.2 Å². The van der Waals surface area contributed by atoms with Gasteiger partial charge in [0.05, 0.1) is 18.2 Å². The van der Waals surface area contributed by atoms with Gasteiger partial charge in [0.25, 0.3) is 0 Å². The van der Waals surface area contributed by atoms with E-state index >= 15 is 0 Å². The summed E-state index contributed by atoms with van der Waals surface area (Å²) in [7, 11) is 1.20. The second-order valence-corrected chi connectivity index (χ2v) is 5.51. The van der Waals surface area contributed by atoms with Crippen LogP contribution in [0.3, 0.4) is 0 Å². The van der Waals surface area contributed by atoms with E-state index in [9.17, 15) is 22.4 Å². The highest BCUT2D eigenvalue weighted by atomic mass is 19.4. The molecule has 2 aromatic carbocycles. The Morgan fingerprint density at radius 2 is 1.88 bits per heavy atom. The van der Waals surface area contributed by atoms with Crippen molar-refractivity contribution >= 4 is 16.9 Å². The normalized spacial score (nSPS) is 11.7. The van der Waals surface area contributed by atoms with Gasteiger partial charge in [0.15, 0.2) is 0 Å². The summed E-state index contributed by atoms with van der Waals surface area (Å²) in [5, 5.41) is 0.591. The smallest absolute Gasteiger partial charge is 0.416 e. The third-order valence-corrected chi connectivity index (χ3v) is 3.86. The van der Waals surface area contributed by atoms with Gasteiger partial charge < -0.3 is 9.30 Å². The van der Waals surface area contributed by atoms with Crippen LogP contribution in [0.2, 0.25) is 0 Å². The largest absolute Gasteiger partial charge is 0.464 e. The molecule has 1 heterocycles. The molecular formula is C18H13F4NO2. The molecule has 0 saturated carbocycles. The Labute approximate surface area is 140 Å². The number of hydrogen-bond donors (Lipinski definition) is 0. The van der Waals surface area contributed by atoms with Gasteiger partial charge in [0.2, 0.25) is 0 Å². The third-order valence-electron chi connectivity index (χ3n) is 3.86. The van der Waals surface area contributed by atoms with Gasteiger partial charge in [0, 0.05) is 11.9 Å². The lowest BCUT2D eigenvalue weighted by atomic mass is 10.1. The van der Waals surface area contributed by atoms with E-state index in [1.807, 2.05) is 0 Å². The number of halogens is 4. The number of benzene rings is 2. The summed E-state index contributed by atoms with van der Waals surface area (Å²) in [4.78, 5) is 12.0. The summed E-state index contributed by atoms with van der Waals surface area (Å²) in [6.45, 7) is -0.0265. The van der Waals surface area contributed by atoms with E-state index in [1.54, 1.807) is 0 Å². The number of esters is 1. The van der Waals surface area contributed by atoms with Crippen LogP contribution in [0.5, 0.6) is 0 Å². The molecular weight excluding hydrogens is 338 g/mol. The predicted molar refractivity (Wildman–Crippen MR) is 83.8 cm³/mol. The fourth-order valence-electron chi connectivity index (χ4n) is 2.70. The van der Waals surface area contributed by atoms with E-state index in [0.717, 1.165) is 12.1 Å². The fraction of sp³-hybridized carbons (Fsp3) is 0.167. The summed E-state index contributed by atoms with van der Waals surface area (Å²) < 4.78 is 58.4. The van der Waals surface area contributed by atoms with Crippen molar-refractivity contribution in [2.45, 2.75) is 12.7 Å². The number of alkyl halides is 3. The molecule has 0 fully saturated rings. The zero-order chi connectivity index (χ0) is 18.2. The van der Waals surface area contributed by atoms with E-state index in [4.69, 9.17) is 4.74 Å². The average Bonchev–Trinajstić information content (AvgIpc) is 2.91. The Kier molecular flexibility index (Phi) is 4.24. The Balaban J connectivity index is 2.11. The van der Waals surface area contributed by atoms with E-state index < -0.39 is 23.5 Å². The lowest BCUT2D eigenvalue weighted by molar-refractivity contribution is -0.137. The first-order valence-corrected chi connectivity index (χ1v) is 7.33. The van der Waals surface area contributed by atoms with Gasteiger partial charge in [0.1, 0.15) is 11.5 Å². The Bertz CT molecular complexity index is 944. The lowest BCUT2D eigenvalue weighted by Gasteiger charge is -2.12. The number of methoxy groups -OCH3 is 1. The number of rotatable bonds is 3. The number of nitrogens with zero attached hydrogens (tertiary/aromatic N) is 1. The summed E-state index contributed by atoms with van der Waals surface area (Å²) in [6, 6.07) is 10.3. The van der Waals surface area contributed by atoms with Crippen LogP contribution < -0.4 is 0 Å². The maximum atomic E-state index is 13.6. The zero-order valence-corrected chi connectivity index (χ0v) is 13.1. The Hall–Kier alpha value is -2.83. The van der Waals surface area contributed by atoms with E-state index in [2.05, 4.69) is 0 Å². The molecule has 0 aliphatic rings. The summed E-state index contributed by atoms with van der Waals surface area (Å²) in [6.07, 6.45) is -4.47. The second-order valence-electron chi connectivity index (χ2n) is 5.51. The molecule has 7 heteroatoms. The van der Waals surface area contributed by atoms with E-state index in [0.29, 0.717) is 16.5 Å². The maximum Gasteiger partial charge on any atom is 0.416 e. The Morgan fingerprint density at radius 1 is 1.12 bits per heavy atom.